The number of imidazole rings is 1. The maximum Gasteiger partial charge on any atom is 0.259 e. The molecule has 0 atom stereocenters. The third-order valence-corrected chi connectivity index (χ3v) is 4.38. The van der Waals surface area contributed by atoms with E-state index < -0.39 is 0 Å². The van der Waals surface area contributed by atoms with Gasteiger partial charge in [-0.1, -0.05) is 12.1 Å². The number of nitrogens with one attached hydrogen (secondary N) is 1. The minimum atomic E-state index is -0.235. The largest absolute Gasteiger partial charge is 0.310 e. The molecule has 0 radical (unpaired) electrons. The molecule has 0 bridgehead atoms. The second-order valence-corrected chi connectivity index (χ2v) is 6.44. The summed E-state index contributed by atoms with van der Waals surface area (Å²) in [7, 11) is 0. The highest BCUT2D eigenvalue weighted by Gasteiger charge is 2.15. The number of aryl methyl sites for hydroxylation is 1. The number of rotatable bonds is 4. The molecule has 3 heterocycles. The molecule has 0 fully saturated rings. The van der Waals surface area contributed by atoms with Gasteiger partial charge in [0.2, 0.25) is 5.95 Å². The van der Waals surface area contributed by atoms with E-state index in [0.717, 1.165) is 22.1 Å². The van der Waals surface area contributed by atoms with Crippen molar-refractivity contribution in [1.29, 1.82) is 0 Å². The third-order valence-electron chi connectivity index (χ3n) is 4.38. The van der Waals surface area contributed by atoms with E-state index in [1.54, 1.807) is 12.4 Å². The second-order valence-electron chi connectivity index (χ2n) is 6.44. The average Bonchev–Trinajstić information content (AvgIpc) is 3.21. The number of hydrogen-bond donors (Lipinski definition) is 1. The molecule has 1 N–H and O–H groups in total. The quantitative estimate of drug-likeness (QED) is 0.611. The number of para-hydroxylation sites is 2. The lowest BCUT2D eigenvalue weighted by molar-refractivity contribution is 0.102. The van der Waals surface area contributed by atoms with Gasteiger partial charge in [0.1, 0.15) is 0 Å². The molecule has 1 aromatic carbocycles. The number of carbonyl (C=O) groups excluding carboxylic acids is 1. The van der Waals surface area contributed by atoms with Crippen LogP contribution in [0.1, 0.15) is 37.2 Å². The van der Waals surface area contributed by atoms with Crippen LogP contribution in [0.5, 0.6) is 0 Å². The molecule has 0 unspecified atom stereocenters. The fourth-order valence-corrected chi connectivity index (χ4v) is 3.11. The number of benzene rings is 1. The first kappa shape index (κ1) is 16.3. The summed E-state index contributed by atoms with van der Waals surface area (Å²) in [6, 6.07) is 9.85. The summed E-state index contributed by atoms with van der Waals surface area (Å²) in [5.74, 6) is 0.304. The van der Waals surface area contributed by atoms with Gasteiger partial charge in [-0.05, 0) is 39.0 Å². The minimum Gasteiger partial charge on any atom is -0.310 e. The van der Waals surface area contributed by atoms with Crippen molar-refractivity contribution in [2.24, 2.45) is 0 Å². The number of nitrogens with zero attached hydrogens (tertiary/aromatic N) is 5. The average molecular weight is 348 g/mol. The maximum atomic E-state index is 12.7. The number of amides is 1. The molecular weight excluding hydrogens is 328 g/mol. The van der Waals surface area contributed by atoms with Crippen LogP contribution in [0.15, 0.2) is 42.7 Å². The van der Waals surface area contributed by atoms with E-state index in [2.05, 4.69) is 20.4 Å². The van der Waals surface area contributed by atoms with E-state index in [0.29, 0.717) is 18.1 Å². The van der Waals surface area contributed by atoms with Gasteiger partial charge >= 0.3 is 0 Å². The molecule has 1 amide bonds. The van der Waals surface area contributed by atoms with Crippen molar-refractivity contribution in [3.63, 3.8) is 0 Å². The monoisotopic (exact) mass is 348 g/mol. The highest BCUT2D eigenvalue weighted by Crippen LogP contribution is 2.21. The zero-order valence-corrected chi connectivity index (χ0v) is 15.0. The van der Waals surface area contributed by atoms with Crippen molar-refractivity contribution in [3.05, 3.63) is 48.3 Å². The Morgan fingerprint density at radius 3 is 2.81 bits per heavy atom. The van der Waals surface area contributed by atoms with Crippen LogP contribution < -0.4 is 5.32 Å². The summed E-state index contributed by atoms with van der Waals surface area (Å²) >= 11 is 0. The van der Waals surface area contributed by atoms with Crippen molar-refractivity contribution in [2.75, 3.05) is 5.32 Å². The van der Waals surface area contributed by atoms with Crippen molar-refractivity contribution >= 4 is 33.9 Å². The Balaban J connectivity index is 1.67. The van der Waals surface area contributed by atoms with Gasteiger partial charge < -0.3 is 4.57 Å². The number of pyridine rings is 1. The molecule has 0 saturated carbocycles. The molecule has 0 aliphatic heterocycles. The van der Waals surface area contributed by atoms with E-state index >= 15 is 0 Å². The SMILES string of the molecule is CCn1c(NC(=O)c2cnc3c(cnn3C(C)C)c2)nc2ccccc21. The molecule has 7 nitrogen and oxygen atoms in total. The highest BCUT2D eigenvalue weighted by molar-refractivity contribution is 6.05. The fraction of sp³-hybridized carbons (Fsp3) is 0.263. The first-order chi connectivity index (χ1) is 12.6. The first-order valence-electron chi connectivity index (χ1n) is 8.68. The number of hydrogen-bond acceptors (Lipinski definition) is 4. The number of anilines is 1. The van der Waals surface area contributed by atoms with Gasteiger partial charge in [0.05, 0.1) is 22.8 Å². The Bertz CT molecular complexity index is 1110. The molecule has 0 spiro atoms. The molecule has 3 aromatic heterocycles. The van der Waals surface area contributed by atoms with Crippen LogP contribution in [-0.4, -0.2) is 30.2 Å². The van der Waals surface area contributed by atoms with E-state index in [1.165, 1.54) is 0 Å². The van der Waals surface area contributed by atoms with Crippen molar-refractivity contribution < 1.29 is 4.79 Å². The minimum absolute atomic E-state index is 0.212. The van der Waals surface area contributed by atoms with Gasteiger partial charge in [0, 0.05) is 24.2 Å². The summed E-state index contributed by atoms with van der Waals surface area (Å²) in [6.07, 6.45) is 3.32. The standard InChI is InChI=1S/C19H20N6O/c1-4-24-16-8-6-5-7-15(16)22-19(24)23-18(26)14-9-13-11-21-25(12(2)3)17(13)20-10-14/h5-12H,4H2,1-3H3,(H,22,23,26). The topological polar surface area (TPSA) is 77.6 Å². The first-order valence-corrected chi connectivity index (χ1v) is 8.68. The predicted octanol–water partition coefficient (Wildman–Crippen LogP) is 3.63. The summed E-state index contributed by atoms with van der Waals surface area (Å²) < 4.78 is 3.82. The van der Waals surface area contributed by atoms with E-state index in [4.69, 9.17) is 0 Å². The molecule has 26 heavy (non-hydrogen) atoms. The lowest BCUT2D eigenvalue weighted by Gasteiger charge is -2.08. The summed E-state index contributed by atoms with van der Waals surface area (Å²) in [4.78, 5) is 21.7. The Morgan fingerprint density at radius 1 is 1.23 bits per heavy atom. The van der Waals surface area contributed by atoms with Gasteiger partial charge in [0.25, 0.3) is 5.91 Å². The Morgan fingerprint density at radius 2 is 2.04 bits per heavy atom. The zero-order chi connectivity index (χ0) is 18.3. The molecule has 7 heteroatoms. The summed E-state index contributed by atoms with van der Waals surface area (Å²) in [6.45, 7) is 6.83. The van der Waals surface area contributed by atoms with Crippen LogP contribution in [0.3, 0.4) is 0 Å². The summed E-state index contributed by atoms with van der Waals surface area (Å²) in [5.41, 5.74) is 3.11. The van der Waals surface area contributed by atoms with E-state index in [9.17, 15) is 4.79 Å². The van der Waals surface area contributed by atoms with Crippen molar-refractivity contribution in [2.45, 2.75) is 33.4 Å². The highest BCUT2D eigenvalue weighted by atomic mass is 16.1. The van der Waals surface area contributed by atoms with Gasteiger partial charge in [0.15, 0.2) is 5.65 Å². The molecule has 0 saturated heterocycles. The van der Waals surface area contributed by atoms with Gasteiger partial charge in [-0.15, -0.1) is 0 Å². The third kappa shape index (κ3) is 2.61. The Labute approximate surface area is 150 Å². The lowest BCUT2D eigenvalue weighted by Crippen LogP contribution is -2.16. The van der Waals surface area contributed by atoms with Gasteiger partial charge in [-0.3, -0.25) is 10.1 Å². The molecule has 0 aliphatic carbocycles. The fourth-order valence-electron chi connectivity index (χ4n) is 3.11. The lowest BCUT2D eigenvalue weighted by atomic mass is 10.2. The molecule has 4 rings (SSSR count). The zero-order valence-electron chi connectivity index (χ0n) is 15.0. The van der Waals surface area contributed by atoms with Crippen LogP contribution in [0.25, 0.3) is 22.1 Å². The summed E-state index contributed by atoms with van der Waals surface area (Å²) in [5, 5.41) is 8.09. The number of carbonyl (C=O) groups is 1. The normalized spacial score (nSPS) is 11.5. The van der Waals surface area contributed by atoms with Gasteiger partial charge in [-0.25, -0.2) is 14.6 Å². The van der Waals surface area contributed by atoms with Crippen LogP contribution in [0, 0.1) is 0 Å². The molecule has 0 aliphatic rings. The van der Waals surface area contributed by atoms with Crippen LogP contribution in [0.4, 0.5) is 5.95 Å². The molecule has 4 aromatic rings. The predicted molar refractivity (Wildman–Crippen MR) is 101 cm³/mol. The van der Waals surface area contributed by atoms with E-state index in [1.807, 2.05) is 60.4 Å². The van der Waals surface area contributed by atoms with Crippen LogP contribution in [0.2, 0.25) is 0 Å². The van der Waals surface area contributed by atoms with Crippen LogP contribution in [-0.2, 0) is 6.54 Å². The molecule has 132 valence electrons. The Kier molecular flexibility index (Phi) is 3.91. The second kappa shape index (κ2) is 6.25. The number of aromatic nitrogens is 5. The van der Waals surface area contributed by atoms with Crippen LogP contribution >= 0.6 is 0 Å². The van der Waals surface area contributed by atoms with Crippen molar-refractivity contribution in [1.82, 2.24) is 24.3 Å². The van der Waals surface area contributed by atoms with Gasteiger partial charge in [-0.2, -0.15) is 5.10 Å². The molecular formula is C19H20N6O. The smallest absolute Gasteiger partial charge is 0.259 e. The van der Waals surface area contributed by atoms with Crippen molar-refractivity contribution in [3.8, 4) is 0 Å². The van der Waals surface area contributed by atoms with E-state index in [-0.39, 0.29) is 11.9 Å². The maximum absolute atomic E-state index is 12.7. The number of fused-ring (bicyclic) bond motifs is 2. The Hall–Kier alpha value is -3.22.